The van der Waals surface area contributed by atoms with Crippen LogP contribution in [0, 0.1) is 6.92 Å². The molecule has 0 aliphatic rings. The number of alkyl halides is 3. The molecule has 0 atom stereocenters. The van der Waals surface area contributed by atoms with Crippen molar-refractivity contribution in [3.05, 3.63) is 28.6 Å². The third kappa shape index (κ3) is 2.66. The highest BCUT2D eigenvalue weighted by atomic mass is 19.4. The van der Waals surface area contributed by atoms with E-state index in [-0.39, 0.29) is 23.4 Å². The molecule has 0 unspecified atom stereocenters. The average Bonchev–Trinajstić information content (AvgIpc) is 2.25. The summed E-state index contributed by atoms with van der Waals surface area (Å²) in [5, 5.41) is 11.2. The lowest BCUT2D eigenvalue weighted by Gasteiger charge is -2.15. The van der Waals surface area contributed by atoms with Gasteiger partial charge in [0.25, 0.3) is 0 Å². The second-order valence-electron chi connectivity index (χ2n) is 3.47. The van der Waals surface area contributed by atoms with Crippen molar-refractivity contribution in [2.24, 2.45) is 10.9 Å². The highest BCUT2D eigenvalue weighted by Crippen LogP contribution is 2.33. The van der Waals surface area contributed by atoms with Crippen molar-refractivity contribution in [3.8, 4) is 0 Å². The maximum Gasteiger partial charge on any atom is 0.417 e. The van der Waals surface area contributed by atoms with Gasteiger partial charge in [0.2, 0.25) is 0 Å². The van der Waals surface area contributed by atoms with E-state index in [2.05, 4.69) is 10.1 Å². The van der Waals surface area contributed by atoms with E-state index in [0.29, 0.717) is 0 Å². The molecule has 3 N–H and O–H groups in total. The normalized spacial score (nSPS) is 12.9. The first kappa shape index (κ1) is 13.3. The second-order valence-corrected chi connectivity index (χ2v) is 3.47. The fourth-order valence-electron chi connectivity index (χ4n) is 1.55. The fourth-order valence-corrected chi connectivity index (χ4v) is 1.55. The summed E-state index contributed by atoms with van der Waals surface area (Å²) in [6.45, 7) is 3.11. The Morgan fingerprint density at radius 3 is 2.53 bits per heavy atom. The molecule has 1 rings (SSSR count). The number of hydrogen-bond donors (Lipinski definition) is 2. The van der Waals surface area contributed by atoms with Crippen molar-refractivity contribution < 1.29 is 18.4 Å². The molecule has 0 radical (unpaired) electrons. The molecule has 1 aromatic heterocycles. The molecule has 1 heterocycles. The fraction of sp³-hybridized carbons (Fsp3) is 0.400. The number of aryl methyl sites for hydroxylation is 2. The van der Waals surface area contributed by atoms with Gasteiger partial charge in [0.1, 0.15) is 0 Å². The molecule has 0 spiro atoms. The molecule has 0 aliphatic carbocycles. The maximum absolute atomic E-state index is 12.8. The van der Waals surface area contributed by atoms with Crippen LogP contribution in [-0.2, 0) is 12.6 Å². The number of amidine groups is 1. The van der Waals surface area contributed by atoms with E-state index in [0.717, 1.165) is 6.07 Å². The zero-order valence-electron chi connectivity index (χ0n) is 9.34. The molecular formula is C10H12F3N3O. The van der Waals surface area contributed by atoms with Gasteiger partial charge in [0, 0.05) is 5.69 Å². The maximum atomic E-state index is 12.8. The van der Waals surface area contributed by atoms with Gasteiger partial charge in [-0.2, -0.15) is 13.2 Å². The Hall–Kier alpha value is -1.79. The number of pyridine rings is 1. The zero-order valence-corrected chi connectivity index (χ0v) is 9.34. The summed E-state index contributed by atoms with van der Waals surface area (Å²) in [6, 6.07) is 0.881. The van der Waals surface area contributed by atoms with E-state index < -0.39 is 17.6 Å². The summed E-state index contributed by atoms with van der Waals surface area (Å²) in [4.78, 5) is 3.96. The van der Waals surface area contributed by atoms with E-state index in [9.17, 15) is 13.2 Å². The summed E-state index contributed by atoms with van der Waals surface area (Å²) in [7, 11) is 0. The monoisotopic (exact) mass is 247 g/mol. The van der Waals surface area contributed by atoms with Gasteiger partial charge >= 0.3 is 6.18 Å². The van der Waals surface area contributed by atoms with Crippen molar-refractivity contribution in [2.75, 3.05) is 0 Å². The summed E-state index contributed by atoms with van der Waals surface area (Å²) in [6.07, 6.45) is -4.31. The highest BCUT2D eigenvalue weighted by molar-refractivity contribution is 5.99. The van der Waals surface area contributed by atoms with Gasteiger partial charge < -0.3 is 10.9 Å². The molecule has 1 aromatic rings. The number of aromatic nitrogens is 1. The Labute approximate surface area is 96.0 Å². The Morgan fingerprint density at radius 2 is 2.12 bits per heavy atom. The second kappa shape index (κ2) is 4.60. The molecule has 0 fully saturated rings. The van der Waals surface area contributed by atoms with Gasteiger partial charge in [-0.15, -0.1) is 0 Å². The van der Waals surface area contributed by atoms with Crippen LogP contribution in [0.2, 0.25) is 0 Å². The van der Waals surface area contributed by atoms with Crippen molar-refractivity contribution >= 4 is 5.84 Å². The van der Waals surface area contributed by atoms with E-state index in [1.165, 1.54) is 6.92 Å². The predicted octanol–water partition coefficient (Wildman–Crippen LogP) is 2.07. The van der Waals surface area contributed by atoms with Gasteiger partial charge in [-0.05, 0) is 19.4 Å². The zero-order chi connectivity index (χ0) is 13.2. The van der Waals surface area contributed by atoms with Crippen LogP contribution in [0.5, 0.6) is 0 Å². The lowest BCUT2D eigenvalue weighted by Crippen LogP contribution is -2.23. The van der Waals surface area contributed by atoms with Crippen LogP contribution >= 0.6 is 0 Å². The van der Waals surface area contributed by atoms with Crippen LogP contribution < -0.4 is 5.73 Å². The van der Waals surface area contributed by atoms with Crippen LogP contribution in [0.4, 0.5) is 13.2 Å². The summed E-state index contributed by atoms with van der Waals surface area (Å²) in [5.74, 6) is -0.582. The first-order valence-corrected chi connectivity index (χ1v) is 4.86. The average molecular weight is 247 g/mol. The quantitative estimate of drug-likeness (QED) is 0.363. The molecule has 0 aromatic carbocycles. The smallest absolute Gasteiger partial charge is 0.409 e. The third-order valence-electron chi connectivity index (χ3n) is 2.23. The van der Waals surface area contributed by atoms with Crippen molar-refractivity contribution in [1.82, 2.24) is 4.98 Å². The van der Waals surface area contributed by atoms with Crippen LogP contribution in [-0.4, -0.2) is 16.0 Å². The molecule has 0 aliphatic heterocycles. The number of hydrogen-bond acceptors (Lipinski definition) is 3. The highest BCUT2D eigenvalue weighted by Gasteiger charge is 2.36. The van der Waals surface area contributed by atoms with E-state index in [4.69, 9.17) is 10.9 Å². The first-order valence-electron chi connectivity index (χ1n) is 4.86. The topological polar surface area (TPSA) is 71.5 Å². The van der Waals surface area contributed by atoms with E-state index in [1.54, 1.807) is 6.92 Å². The van der Waals surface area contributed by atoms with E-state index in [1.807, 2.05) is 0 Å². The number of nitrogens with zero attached hydrogens (tertiary/aromatic N) is 2. The lowest BCUT2D eigenvalue weighted by molar-refractivity contribution is -0.137. The van der Waals surface area contributed by atoms with Gasteiger partial charge in [0.05, 0.1) is 16.8 Å². The molecule has 0 bridgehead atoms. The first-order chi connectivity index (χ1) is 7.81. The molecule has 0 saturated heterocycles. The molecule has 4 nitrogen and oxygen atoms in total. The summed E-state index contributed by atoms with van der Waals surface area (Å²) >= 11 is 0. The predicted molar refractivity (Wildman–Crippen MR) is 55.9 cm³/mol. The minimum Gasteiger partial charge on any atom is -0.409 e. The van der Waals surface area contributed by atoms with Gasteiger partial charge in [-0.25, -0.2) is 0 Å². The molecule has 0 saturated carbocycles. The molecular weight excluding hydrogens is 235 g/mol. The van der Waals surface area contributed by atoms with Gasteiger partial charge in [-0.3, -0.25) is 4.98 Å². The number of rotatable bonds is 2. The number of nitrogens with two attached hydrogens (primary N) is 1. The van der Waals surface area contributed by atoms with Crippen LogP contribution in [0.1, 0.15) is 29.4 Å². The standard InChI is InChI=1S/C10H12F3N3O/c1-3-7-8(9(14)16-17)6(10(11,12)13)4-5(2)15-7/h4,17H,3H2,1-2H3,(H2,14,16). The van der Waals surface area contributed by atoms with Gasteiger partial charge in [0.15, 0.2) is 5.84 Å². The van der Waals surface area contributed by atoms with Crippen LogP contribution in [0.3, 0.4) is 0 Å². The summed E-state index contributed by atoms with van der Waals surface area (Å²) in [5.41, 5.74) is 4.39. The Morgan fingerprint density at radius 1 is 1.53 bits per heavy atom. The van der Waals surface area contributed by atoms with E-state index >= 15 is 0 Å². The van der Waals surface area contributed by atoms with Crippen molar-refractivity contribution in [1.29, 1.82) is 0 Å². The Bertz CT molecular complexity index is 455. The minimum atomic E-state index is -4.57. The Balaban J connectivity index is 3.62. The third-order valence-corrected chi connectivity index (χ3v) is 2.23. The largest absolute Gasteiger partial charge is 0.417 e. The molecule has 17 heavy (non-hydrogen) atoms. The van der Waals surface area contributed by atoms with Crippen LogP contribution in [0.25, 0.3) is 0 Å². The van der Waals surface area contributed by atoms with Crippen LogP contribution in [0.15, 0.2) is 11.2 Å². The Kier molecular flexibility index (Phi) is 3.59. The van der Waals surface area contributed by atoms with Crippen molar-refractivity contribution in [3.63, 3.8) is 0 Å². The minimum absolute atomic E-state index is 0.160. The van der Waals surface area contributed by atoms with Gasteiger partial charge in [-0.1, -0.05) is 12.1 Å². The summed E-state index contributed by atoms with van der Waals surface area (Å²) < 4.78 is 38.5. The molecule has 0 amide bonds. The number of halogens is 3. The number of oxime groups is 1. The SMILES string of the molecule is CCc1nc(C)cc(C(F)(F)F)c1/C(N)=N/O. The van der Waals surface area contributed by atoms with Crippen molar-refractivity contribution in [2.45, 2.75) is 26.4 Å². The lowest BCUT2D eigenvalue weighted by atomic mass is 10.0. The molecule has 7 heteroatoms. The molecule has 94 valence electrons.